The molecule has 0 fully saturated rings. The molecule has 0 saturated carbocycles. The van der Waals surface area contributed by atoms with Gasteiger partial charge in [-0.3, -0.25) is 9.78 Å². The van der Waals surface area contributed by atoms with Crippen LogP contribution in [-0.2, 0) is 6.61 Å². The summed E-state index contributed by atoms with van der Waals surface area (Å²) >= 11 is 6.21. The Morgan fingerprint density at radius 3 is 2.78 bits per heavy atom. The van der Waals surface area contributed by atoms with Gasteiger partial charge in [0.2, 0.25) is 5.55 Å². The van der Waals surface area contributed by atoms with E-state index < -0.39 is 5.91 Å². The lowest BCUT2D eigenvalue weighted by atomic mass is 10.1. The number of aliphatic hydroxyl groups excluding tert-OH is 1. The highest BCUT2D eigenvalue weighted by Gasteiger charge is 2.17. The number of benzene rings is 2. The van der Waals surface area contributed by atoms with Crippen LogP contribution in [0.2, 0.25) is 5.02 Å². The predicted octanol–water partition coefficient (Wildman–Crippen LogP) is 4.78. The Bertz CT molecular complexity index is 1380. The third-order valence-electron chi connectivity index (χ3n) is 4.87. The number of aryl methyl sites for hydroxylation is 1. The third-order valence-corrected chi connectivity index (χ3v) is 5.20. The number of pyridine rings is 1. The van der Waals surface area contributed by atoms with Gasteiger partial charge >= 0.3 is 0 Å². The maximum atomic E-state index is 13.2. The molecule has 8 heteroatoms. The van der Waals surface area contributed by atoms with Gasteiger partial charge in [0, 0.05) is 23.2 Å². The molecule has 0 atom stereocenters. The fourth-order valence-corrected chi connectivity index (χ4v) is 3.39. The Labute approximate surface area is 189 Å². The van der Waals surface area contributed by atoms with Crippen LogP contribution in [0.3, 0.4) is 0 Å². The van der Waals surface area contributed by atoms with Gasteiger partial charge in [0.1, 0.15) is 11.3 Å². The van der Waals surface area contributed by atoms with E-state index >= 15 is 0 Å². The van der Waals surface area contributed by atoms with E-state index in [2.05, 4.69) is 15.3 Å². The minimum atomic E-state index is -0.455. The monoisotopic (exact) mass is 449 g/mol. The van der Waals surface area contributed by atoms with Crippen molar-refractivity contribution < 1.29 is 19.1 Å². The zero-order valence-corrected chi connectivity index (χ0v) is 18.2. The van der Waals surface area contributed by atoms with Crippen molar-refractivity contribution in [3.8, 4) is 5.75 Å². The number of rotatable bonds is 5. The molecule has 2 heterocycles. The zero-order chi connectivity index (χ0) is 22.7. The quantitative estimate of drug-likeness (QED) is 0.457. The number of carbonyl (C=O) groups excluding carboxylic acids is 1. The minimum Gasteiger partial charge on any atom is -0.497 e. The van der Waals surface area contributed by atoms with Gasteiger partial charge in [-0.2, -0.15) is 0 Å². The van der Waals surface area contributed by atoms with E-state index in [1.807, 2.05) is 0 Å². The van der Waals surface area contributed by atoms with Gasteiger partial charge in [-0.1, -0.05) is 29.8 Å². The molecule has 0 unspecified atom stereocenters. The van der Waals surface area contributed by atoms with E-state index in [0.717, 1.165) is 0 Å². The number of fused-ring (bicyclic) bond motifs is 1. The molecule has 4 rings (SSSR count). The van der Waals surface area contributed by atoms with Gasteiger partial charge in [0.25, 0.3) is 5.91 Å². The van der Waals surface area contributed by atoms with Crippen molar-refractivity contribution in [2.45, 2.75) is 13.5 Å². The Kier molecular flexibility index (Phi) is 6.20. The molecule has 4 aromatic rings. The van der Waals surface area contributed by atoms with Crippen LogP contribution in [0.25, 0.3) is 11.0 Å². The highest BCUT2D eigenvalue weighted by Crippen LogP contribution is 2.24. The fourth-order valence-electron chi connectivity index (χ4n) is 3.21. The number of ether oxygens (including phenoxy) is 1. The lowest BCUT2D eigenvalue weighted by molar-refractivity contribution is 0.102. The van der Waals surface area contributed by atoms with E-state index in [1.54, 1.807) is 74.8 Å². The smallest absolute Gasteiger partial charge is 0.261 e. The first kappa shape index (κ1) is 21.5. The summed E-state index contributed by atoms with van der Waals surface area (Å²) in [5, 5.41) is 13.5. The summed E-state index contributed by atoms with van der Waals surface area (Å²) in [5.74, 6) is 0.165. The molecule has 32 heavy (non-hydrogen) atoms. The lowest BCUT2D eigenvalue weighted by Gasteiger charge is -2.10. The van der Waals surface area contributed by atoms with Crippen LogP contribution in [0.1, 0.15) is 21.6 Å². The Balaban J connectivity index is 1.94. The van der Waals surface area contributed by atoms with Gasteiger partial charge < -0.3 is 19.6 Å². The lowest BCUT2D eigenvalue weighted by Crippen LogP contribution is -2.22. The number of halogens is 1. The number of para-hydroxylation sites is 1. The normalized spacial score (nSPS) is 11.6. The standard InChI is InChI=1S/C24H20ClN3O4/c1-14-22-18(15(13-29)12-26-14)11-19(23(30)28-21-9-4-3-8-20(21)25)24(32-22)27-16-6-5-7-17(10-16)31-2/h3-12,29H,13H2,1-2H3,(H,28,30). The number of carbonyl (C=O) groups is 1. The molecule has 0 aliphatic heterocycles. The number of anilines is 1. The summed E-state index contributed by atoms with van der Waals surface area (Å²) < 4.78 is 11.3. The number of nitrogens with zero attached hydrogens (tertiary/aromatic N) is 2. The van der Waals surface area contributed by atoms with Gasteiger partial charge in [-0.15, -0.1) is 0 Å². The molecule has 2 N–H and O–H groups in total. The number of methoxy groups -OCH3 is 1. The van der Waals surface area contributed by atoms with Crippen molar-refractivity contribution in [2.24, 2.45) is 4.99 Å². The first-order chi connectivity index (χ1) is 15.5. The second-order valence-electron chi connectivity index (χ2n) is 6.98. The molecule has 0 spiro atoms. The highest BCUT2D eigenvalue weighted by atomic mass is 35.5. The fraction of sp³-hybridized carbons (Fsp3) is 0.125. The average Bonchev–Trinajstić information content (AvgIpc) is 2.81. The molecule has 0 radical (unpaired) electrons. The second kappa shape index (κ2) is 9.21. The van der Waals surface area contributed by atoms with Crippen LogP contribution in [0.4, 0.5) is 11.4 Å². The third kappa shape index (κ3) is 4.34. The largest absolute Gasteiger partial charge is 0.497 e. The van der Waals surface area contributed by atoms with E-state index in [4.69, 9.17) is 20.8 Å². The number of nitrogens with one attached hydrogen (secondary N) is 1. The van der Waals surface area contributed by atoms with E-state index in [-0.39, 0.29) is 17.7 Å². The average molecular weight is 450 g/mol. The van der Waals surface area contributed by atoms with Crippen LogP contribution in [0.5, 0.6) is 5.75 Å². The summed E-state index contributed by atoms with van der Waals surface area (Å²) in [5.41, 5.74) is 2.86. The van der Waals surface area contributed by atoms with Crippen molar-refractivity contribution in [1.29, 1.82) is 0 Å². The summed E-state index contributed by atoms with van der Waals surface area (Å²) in [6, 6.07) is 15.7. The molecular weight excluding hydrogens is 430 g/mol. The van der Waals surface area contributed by atoms with Crippen LogP contribution in [0.15, 0.2) is 70.2 Å². The first-order valence-corrected chi connectivity index (χ1v) is 10.2. The maximum absolute atomic E-state index is 13.2. The summed E-state index contributed by atoms with van der Waals surface area (Å²) in [6.45, 7) is 1.53. The Hall–Kier alpha value is -3.68. The molecule has 0 bridgehead atoms. The number of aromatic nitrogens is 1. The molecule has 2 aromatic carbocycles. The van der Waals surface area contributed by atoms with Crippen molar-refractivity contribution in [2.75, 3.05) is 12.4 Å². The molecule has 0 aliphatic carbocycles. The zero-order valence-electron chi connectivity index (χ0n) is 17.4. The van der Waals surface area contributed by atoms with Gasteiger partial charge in [0.05, 0.1) is 35.8 Å². The molecule has 1 amide bonds. The van der Waals surface area contributed by atoms with Crippen LogP contribution >= 0.6 is 11.6 Å². The molecular formula is C24H20ClN3O4. The van der Waals surface area contributed by atoms with Crippen molar-refractivity contribution in [1.82, 2.24) is 4.98 Å². The van der Waals surface area contributed by atoms with E-state index in [0.29, 0.717) is 44.4 Å². The van der Waals surface area contributed by atoms with Crippen LogP contribution in [0, 0.1) is 6.92 Å². The molecule has 0 aliphatic rings. The van der Waals surface area contributed by atoms with Crippen molar-refractivity contribution in [3.63, 3.8) is 0 Å². The van der Waals surface area contributed by atoms with Crippen molar-refractivity contribution in [3.05, 3.63) is 88.2 Å². The molecule has 0 saturated heterocycles. The van der Waals surface area contributed by atoms with E-state index in [9.17, 15) is 9.90 Å². The van der Waals surface area contributed by atoms with Crippen LogP contribution in [-0.4, -0.2) is 23.1 Å². The Morgan fingerprint density at radius 2 is 2.03 bits per heavy atom. The molecule has 162 valence electrons. The number of aliphatic hydroxyl groups is 1. The SMILES string of the molecule is COc1cccc(N=c2oc3c(C)ncc(CO)c3cc2C(=O)Nc2ccccc2Cl)c1. The Morgan fingerprint density at radius 1 is 1.22 bits per heavy atom. The van der Waals surface area contributed by atoms with Gasteiger partial charge in [0.15, 0.2) is 5.58 Å². The summed E-state index contributed by atoms with van der Waals surface area (Å²) in [6.07, 6.45) is 1.56. The van der Waals surface area contributed by atoms with Gasteiger partial charge in [-0.05, 0) is 37.3 Å². The molecule has 7 nitrogen and oxygen atoms in total. The topological polar surface area (TPSA) is 97.0 Å². The summed E-state index contributed by atoms with van der Waals surface area (Å²) in [7, 11) is 1.56. The van der Waals surface area contributed by atoms with Crippen LogP contribution < -0.4 is 15.6 Å². The predicted molar refractivity (Wildman–Crippen MR) is 122 cm³/mol. The maximum Gasteiger partial charge on any atom is 0.261 e. The molecule has 2 aromatic heterocycles. The summed E-state index contributed by atoms with van der Waals surface area (Å²) in [4.78, 5) is 22.1. The van der Waals surface area contributed by atoms with Crippen molar-refractivity contribution >= 4 is 39.9 Å². The van der Waals surface area contributed by atoms with Gasteiger partial charge in [-0.25, -0.2) is 4.99 Å². The minimum absolute atomic E-state index is 0.0929. The number of amides is 1. The van der Waals surface area contributed by atoms with E-state index in [1.165, 1.54) is 0 Å². The number of hydrogen-bond donors (Lipinski definition) is 2. The highest BCUT2D eigenvalue weighted by molar-refractivity contribution is 6.33. The second-order valence-corrected chi connectivity index (χ2v) is 7.39. The first-order valence-electron chi connectivity index (χ1n) is 9.78. The number of hydrogen-bond acceptors (Lipinski definition) is 6.